The molecule has 0 aliphatic rings. The number of aromatic nitrogens is 5. The van der Waals surface area contributed by atoms with E-state index in [0.717, 1.165) is 5.56 Å². The SMILES string of the molecule is Cc1ccc(C(=O)O)c(-c2cn(C(C)c3nccc(N)n3)nn2)c1. The van der Waals surface area contributed by atoms with Gasteiger partial charge in [0.2, 0.25) is 0 Å². The molecule has 0 aliphatic carbocycles. The monoisotopic (exact) mass is 324 g/mol. The molecule has 2 aromatic heterocycles. The average molecular weight is 324 g/mol. The number of carbonyl (C=O) groups is 1. The van der Waals surface area contributed by atoms with Gasteiger partial charge in [0.1, 0.15) is 17.6 Å². The molecule has 2 heterocycles. The first-order chi connectivity index (χ1) is 11.5. The van der Waals surface area contributed by atoms with Crippen LogP contribution in [0.3, 0.4) is 0 Å². The average Bonchev–Trinajstić information content (AvgIpc) is 3.03. The molecule has 0 saturated carbocycles. The van der Waals surface area contributed by atoms with E-state index in [0.29, 0.717) is 22.9 Å². The molecule has 1 aromatic carbocycles. The topological polar surface area (TPSA) is 120 Å². The van der Waals surface area contributed by atoms with Gasteiger partial charge in [0, 0.05) is 11.8 Å². The molecule has 24 heavy (non-hydrogen) atoms. The summed E-state index contributed by atoms with van der Waals surface area (Å²) in [5.41, 5.74) is 7.80. The summed E-state index contributed by atoms with van der Waals surface area (Å²) < 4.78 is 1.58. The number of nitrogen functional groups attached to an aromatic ring is 1. The standard InChI is InChI=1S/C16H16N6O2/c1-9-3-4-11(16(23)24)12(7-9)13-8-22(21-20-13)10(2)15-18-6-5-14(17)19-15/h3-8,10H,1-2H3,(H,23,24)(H2,17,18,19). The summed E-state index contributed by atoms with van der Waals surface area (Å²) >= 11 is 0. The molecule has 8 nitrogen and oxygen atoms in total. The van der Waals surface area contributed by atoms with Crippen LogP contribution in [0.5, 0.6) is 0 Å². The van der Waals surface area contributed by atoms with Crippen molar-refractivity contribution < 1.29 is 9.90 Å². The van der Waals surface area contributed by atoms with Crippen molar-refractivity contribution >= 4 is 11.8 Å². The van der Waals surface area contributed by atoms with E-state index in [-0.39, 0.29) is 11.6 Å². The fourth-order valence-corrected chi connectivity index (χ4v) is 2.35. The number of benzene rings is 1. The molecule has 0 amide bonds. The second-order valence-corrected chi connectivity index (χ2v) is 5.45. The predicted octanol–water partition coefficient (Wildman–Crippen LogP) is 1.93. The third kappa shape index (κ3) is 2.94. The van der Waals surface area contributed by atoms with E-state index in [1.807, 2.05) is 13.8 Å². The minimum Gasteiger partial charge on any atom is -0.478 e. The van der Waals surface area contributed by atoms with Gasteiger partial charge in [-0.3, -0.25) is 0 Å². The molecule has 3 N–H and O–H groups in total. The number of aryl methyl sites for hydroxylation is 1. The number of anilines is 1. The highest BCUT2D eigenvalue weighted by Crippen LogP contribution is 2.24. The van der Waals surface area contributed by atoms with Crippen LogP contribution in [0.2, 0.25) is 0 Å². The van der Waals surface area contributed by atoms with Gasteiger partial charge in [-0.05, 0) is 32.0 Å². The first-order valence-corrected chi connectivity index (χ1v) is 7.30. The van der Waals surface area contributed by atoms with Crippen molar-refractivity contribution in [3.05, 3.63) is 53.6 Å². The highest BCUT2D eigenvalue weighted by molar-refractivity contribution is 5.95. The molecule has 0 fully saturated rings. The zero-order chi connectivity index (χ0) is 17.3. The van der Waals surface area contributed by atoms with Crippen LogP contribution in [0.1, 0.15) is 34.7 Å². The third-order valence-corrected chi connectivity index (χ3v) is 3.66. The Balaban J connectivity index is 2.00. The van der Waals surface area contributed by atoms with Crippen LogP contribution < -0.4 is 5.73 Å². The summed E-state index contributed by atoms with van der Waals surface area (Å²) in [4.78, 5) is 19.8. The Morgan fingerprint density at radius 2 is 2.12 bits per heavy atom. The highest BCUT2D eigenvalue weighted by Gasteiger charge is 2.18. The Hall–Kier alpha value is -3.29. The fourth-order valence-electron chi connectivity index (χ4n) is 2.35. The molecule has 3 aromatic rings. The van der Waals surface area contributed by atoms with Crippen LogP contribution >= 0.6 is 0 Å². The number of hydrogen-bond acceptors (Lipinski definition) is 6. The van der Waals surface area contributed by atoms with E-state index in [4.69, 9.17) is 5.73 Å². The molecular weight excluding hydrogens is 308 g/mol. The molecular formula is C16H16N6O2. The van der Waals surface area contributed by atoms with Crippen molar-refractivity contribution in [2.75, 3.05) is 5.73 Å². The second kappa shape index (κ2) is 6.07. The predicted molar refractivity (Wildman–Crippen MR) is 87.4 cm³/mol. The molecule has 3 rings (SSSR count). The van der Waals surface area contributed by atoms with Crippen molar-refractivity contribution in [3.8, 4) is 11.3 Å². The van der Waals surface area contributed by atoms with Crippen LogP contribution in [0, 0.1) is 6.92 Å². The quantitative estimate of drug-likeness (QED) is 0.752. The lowest BCUT2D eigenvalue weighted by Gasteiger charge is -2.09. The van der Waals surface area contributed by atoms with E-state index in [2.05, 4.69) is 20.3 Å². The zero-order valence-electron chi connectivity index (χ0n) is 13.2. The number of aromatic carboxylic acids is 1. The van der Waals surface area contributed by atoms with Gasteiger partial charge in [0.05, 0.1) is 11.8 Å². The van der Waals surface area contributed by atoms with Gasteiger partial charge in [-0.1, -0.05) is 16.8 Å². The Morgan fingerprint density at radius 1 is 1.33 bits per heavy atom. The lowest BCUT2D eigenvalue weighted by Crippen LogP contribution is -2.12. The molecule has 0 radical (unpaired) electrons. The van der Waals surface area contributed by atoms with E-state index >= 15 is 0 Å². The summed E-state index contributed by atoms with van der Waals surface area (Å²) in [5.74, 6) is -0.125. The number of rotatable bonds is 4. The number of nitrogens with two attached hydrogens (primary N) is 1. The van der Waals surface area contributed by atoms with E-state index < -0.39 is 5.97 Å². The lowest BCUT2D eigenvalue weighted by atomic mass is 10.0. The normalized spacial score (nSPS) is 12.1. The van der Waals surface area contributed by atoms with Gasteiger partial charge in [-0.25, -0.2) is 19.4 Å². The maximum Gasteiger partial charge on any atom is 0.336 e. The summed E-state index contributed by atoms with van der Waals surface area (Å²) in [6.07, 6.45) is 3.26. The summed E-state index contributed by atoms with van der Waals surface area (Å²) in [6.45, 7) is 3.75. The van der Waals surface area contributed by atoms with E-state index in [1.54, 1.807) is 41.3 Å². The van der Waals surface area contributed by atoms with Crippen molar-refractivity contribution in [2.24, 2.45) is 0 Å². The van der Waals surface area contributed by atoms with Gasteiger partial charge >= 0.3 is 5.97 Å². The Kier molecular flexibility index (Phi) is 3.95. The molecule has 122 valence electrons. The number of nitrogens with zero attached hydrogens (tertiary/aromatic N) is 5. The molecule has 1 unspecified atom stereocenters. The minimum atomic E-state index is -1.01. The van der Waals surface area contributed by atoms with Gasteiger partial charge in [0.15, 0.2) is 5.82 Å². The summed E-state index contributed by atoms with van der Waals surface area (Å²) in [5, 5.41) is 17.5. The van der Waals surface area contributed by atoms with Crippen LogP contribution in [-0.4, -0.2) is 36.0 Å². The number of carboxylic acid groups (broad SMARTS) is 1. The third-order valence-electron chi connectivity index (χ3n) is 3.66. The Labute approximate surface area is 138 Å². The van der Waals surface area contributed by atoms with Gasteiger partial charge in [-0.2, -0.15) is 0 Å². The minimum absolute atomic E-state index is 0.181. The molecule has 0 spiro atoms. The second-order valence-electron chi connectivity index (χ2n) is 5.45. The number of hydrogen-bond donors (Lipinski definition) is 2. The molecule has 1 atom stereocenters. The van der Waals surface area contributed by atoms with Crippen LogP contribution in [0.15, 0.2) is 36.7 Å². The lowest BCUT2D eigenvalue weighted by molar-refractivity contribution is 0.0697. The summed E-state index contributed by atoms with van der Waals surface area (Å²) in [6, 6.07) is 6.42. The number of carboxylic acids is 1. The highest BCUT2D eigenvalue weighted by atomic mass is 16.4. The van der Waals surface area contributed by atoms with Gasteiger partial charge < -0.3 is 10.8 Å². The smallest absolute Gasteiger partial charge is 0.336 e. The molecule has 0 bridgehead atoms. The van der Waals surface area contributed by atoms with E-state index in [1.165, 1.54) is 0 Å². The summed E-state index contributed by atoms with van der Waals surface area (Å²) in [7, 11) is 0. The van der Waals surface area contributed by atoms with Crippen LogP contribution in [0.4, 0.5) is 5.82 Å². The van der Waals surface area contributed by atoms with Crippen LogP contribution in [0.25, 0.3) is 11.3 Å². The zero-order valence-corrected chi connectivity index (χ0v) is 13.2. The van der Waals surface area contributed by atoms with Crippen LogP contribution in [-0.2, 0) is 0 Å². The van der Waals surface area contributed by atoms with Crippen molar-refractivity contribution in [2.45, 2.75) is 19.9 Å². The Morgan fingerprint density at radius 3 is 2.83 bits per heavy atom. The van der Waals surface area contributed by atoms with Crippen molar-refractivity contribution in [1.82, 2.24) is 25.0 Å². The fraction of sp³-hybridized carbons (Fsp3) is 0.188. The maximum absolute atomic E-state index is 11.4. The van der Waals surface area contributed by atoms with Gasteiger partial charge in [-0.15, -0.1) is 5.10 Å². The molecule has 0 aliphatic heterocycles. The van der Waals surface area contributed by atoms with E-state index in [9.17, 15) is 9.90 Å². The largest absolute Gasteiger partial charge is 0.478 e. The Bertz CT molecular complexity index is 905. The maximum atomic E-state index is 11.4. The molecule has 0 saturated heterocycles. The first kappa shape index (κ1) is 15.6. The van der Waals surface area contributed by atoms with Crippen molar-refractivity contribution in [1.29, 1.82) is 0 Å². The van der Waals surface area contributed by atoms with Gasteiger partial charge in [0.25, 0.3) is 0 Å². The van der Waals surface area contributed by atoms with Crippen molar-refractivity contribution in [3.63, 3.8) is 0 Å². The molecule has 8 heteroatoms. The first-order valence-electron chi connectivity index (χ1n) is 7.30.